The summed E-state index contributed by atoms with van der Waals surface area (Å²) in [6.45, 7) is 8.51. The van der Waals surface area contributed by atoms with Crippen molar-refractivity contribution in [3.8, 4) is 0 Å². The molecule has 0 radical (unpaired) electrons. The molecule has 0 aliphatic heterocycles. The van der Waals surface area contributed by atoms with Crippen LogP contribution >= 0.6 is 11.3 Å². The van der Waals surface area contributed by atoms with Crippen LogP contribution < -0.4 is 5.32 Å². The van der Waals surface area contributed by atoms with Gasteiger partial charge in [-0.05, 0) is 44.7 Å². The van der Waals surface area contributed by atoms with Crippen molar-refractivity contribution in [1.82, 2.24) is 10.2 Å². The molecule has 0 spiro atoms. The van der Waals surface area contributed by atoms with E-state index in [0.717, 1.165) is 0 Å². The van der Waals surface area contributed by atoms with Gasteiger partial charge >= 0.3 is 6.03 Å². The molecular weight excluding hydrogens is 248 g/mol. The summed E-state index contributed by atoms with van der Waals surface area (Å²) in [7, 11) is 0. The summed E-state index contributed by atoms with van der Waals surface area (Å²) in [6, 6.07) is 1.99. The summed E-state index contributed by atoms with van der Waals surface area (Å²) in [4.78, 5) is 14.9. The normalized spacial score (nSPS) is 12.6. The van der Waals surface area contributed by atoms with Gasteiger partial charge in [0, 0.05) is 17.5 Å². The van der Waals surface area contributed by atoms with Crippen LogP contribution in [0.2, 0.25) is 0 Å². The molecule has 1 aromatic rings. The Morgan fingerprint density at radius 1 is 1.50 bits per heavy atom. The van der Waals surface area contributed by atoms with Crippen molar-refractivity contribution >= 4 is 17.4 Å². The third-order valence-electron chi connectivity index (χ3n) is 2.71. The molecular formula is C13H22N2O2S. The lowest BCUT2D eigenvalue weighted by molar-refractivity contribution is 0.119. The van der Waals surface area contributed by atoms with E-state index in [4.69, 9.17) is 0 Å². The van der Waals surface area contributed by atoms with Crippen molar-refractivity contribution in [2.75, 3.05) is 6.54 Å². The Hall–Kier alpha value is -1.07. The van der Waals surface area contributed by atoms with E-state index in [1.165, 1.54) is 10.4 Å². The van der Waals surface area contributed by atoms with E-state index in [2.05, 4.69) is 5.32 Å². The van der Waals surface area contributed by atoms with Crippen LogP contribution in [0.1, 0.15) is 31.2 Å². The van der Waals surface area contributed by atoms with Gasteiger partial charge in [0.2, 0.25) is 0 Å². The molecule has 0 bridgehead atoms. The fourth-order valence-electron chi connectivity index (χ4n) is 1.66. The van der Waals surface area contributed by atoms with Gasteiger partial charge in [-0.15, -0.1) is 11.3 Å². The Kier molecular flexibility index (Phi) is 5.62. The smallest absolute Gasteiger partial charge is 0.318 e. The lowest BCUT2D eigenvalue weighted by atomic mass is 10.3. The molecule has 1 aromatic heterocycles. The molecule has 0 aliphatic carbocycles. The lowest BCUT2D eigenvalue weighted by Crippen LogP contribution is -2.46. The molecule has 4 nitrogen and oxygen atoms in total. The summed E-state index contributed by atoms with van der Waals surface area (Å²) < 4.78 is 0. The number of carbonyl (C=O) groups is 1. The van der Waals surface area contributed by atoms with Gasteiger partial charge in [0.1, 0.15) is 0 Å². The van der Waals surface area contributed by atoms with Gasteiger partial charge in [-0.2, -0.15) is 0 Å². The molecule has 0 saturated carbocycles. The Morgan fingerprint density at radius 3 is 2.61 bits per heavy atom. The van der Waals surface area contributed by atoms with E-state index in [9.17, 15) is 9.90 Å². The third-order valence-corrected chi connectivity index (χ3v) is 3.74. The largest absolute Gasteiger partial charge is 0.392 e. The minimum absolute atomic E-state index is 0.0732. The van der Waals surface area contributed by atoms with Crippen molar-refractivity contribution in [2.45, 2.75) is 46.4 Å². The number of carbonyl (C=O) groups excluding carboxylic acids is 1. The number of nitrogens with zero attached hydrogens (tertiary/aromatic N) is 1. The fourth-order valence-corrected chi connectivity index (χ4v) is 2.50. The molecule has 1 rings (SSSR count). The van der Waals surface area contributed by atoms with Gasteiger partial charge in [-0.25, -0.2) is 4.79 Å². The summed E-state index contributed by atoms with van der Waals surface area (Å²) in [5.41, 5.74) is 1.20. The van der Waals surface area contributed by atoms with Crippen LogP contribution in [0.4, 0.5) is 4.79 Å². The molecule has 1 atom stereocenters. The molecule has 1 heterocycles. The van der Waals surface area contributed by atoms with E-state index in [1.807, 2.05) is 32.2 Å². The maximum absolute atomic E-state index is 12.0. The summed E-state index contributed by atoms with van der Waals surface area (Å²) in [6.07, 6.45) is -0.512. The molecule has 0 saturated heterocycles. The number of thiophene rings is 1. The predicted octanol–water partition coefficient (Wildman–Crippen LogP) is 2.36. The summed E-state index contributed by atoms with van der Waals surface area (Å²) in [5, 5.41) is 14.3. The zero-order valence-corrected chi connectivity index (χ0v) is 12.3. The molecule has 0 fully saturated rings. The van der Waals surface area contributed by atoms with Crippen LogP contribution in [-0.4, -0.2) is 34.7 Å². The topological polar surface area (TPSA) is 52.6 Å². The van der Waals surface area contributed by atoms with Crippen LogP contribution in [0.5, 0.6) is 0 Å². The highest BCUT2D eigenvalue weighted by Crippen LogP contribution is 2.15. The first-order valence-corrected chi connectivity index (χ1v) is 7.05. The SMILES string of the molecule is Cc1ccsc1CNC(=O)N(CC(C)O)C(C)C. The minimum Gasteiger partial charge on any atom is -0.392 e. The first-order valence-electron chi connectivity index (χ1n) is 6.17. The zero-order valence-electron chi connectivity index (χ0n) is 11.4. The Morgan fingerprint density at radius 2 is 2.17 bits per heavy atom. The summed E-state index contributed by atoms with van der Waals surface area (Å²) in [5.74, 6) is 0. The second kappa shape index (κ2) is 6.75. The average molecular weight is 270 g/mol. The average Bonchev–Trinajstić information content (AvgIpc) is 2.68. The highest BCUT2D eigenvalue weighted by atomic mass is 32.1. The number of aliphatic hydroxyl groups is 1. The van der Waals surface area contributed by atoms with Crippen molar-refractivity contribution < 1.29 is 9.90 Å². The van der Waals surface area contributed by atoms with E-state index in [1.54, 1.807) is 23.2 Å². The monoisotopic (exact) mass is 270 g/mol. The van der Waals surface area contributed by atoms with Gasteiger partial charge in [0.05, 0.1) is 12.6 Å². The predicted molar refractivity (Wildman–Crippen MR) is 74.8 cm³/mol. The molecule has 2 N–H and O–H groups in total. The fraction of sp³-hybridized carbons (Fsp3) is 0.615. The standard InChI is InChI=1S/C13H22N2O2S/c1-9(2)15(8-11(4)16)13(17)14-7-12-10(3)5-6-18-12/h5-6,9,11,16H,7-8H2,1-4H3,(H,14,17). The molecule has 18 heavy (non-hydrogen) atoms. The molecule has 1 unspecified atom stereocenters. The summed E-state index contributed by atoms with van der Waals surface area (Å²) >= 11 is 1.64. The number of urea groups is 1. The van der Waals surface area contributed by atoms with Crippen molar-refractivity contribution in [3.05, 3.63) is 21.9 Å². The van der Waals surface area contributed by atoms with E-state index < -0.39 is 6.10 Å². The third kappa shape index (κ3) is 4.31. The van der Waals surface area contributed by atoms with Crippen LogP contribution in [0.25, 0.3) is 0 Å². The Balaban J connectivity index is 2.54. The molecule has 0 aromatic carbocycles. The number of rotatable bonds is 5. The lowest BCUT2D eigenvalue weighted by Gasteiger charge is -2.28. The molecule has 0 aliphatic rings. The number of aliphatic hydroxyl groups excluding tert-OH is 1. The first kappa shape index (κ1) is 15.0. The van der Waals surface area contributed by atoms with Gasteiger partial charge in [0.25, 0.3) is 0 Å². The van der Waals surface area contributed by atoms with Crippen molar-refractivity contribution in [1.29, 1.82) is 0 Å². The quantitative estimate of drug-likeness (QED) is 0.863. The zero-order chi connectivity index (χ0) is 13.7. The van der Waals surface area contributed by atoms with Crippen LogP contribution in [0, 0.1) is 6.92 Å². The maximum Gasteiger partial charge on any atom is 0.318 e. The number of hydrogen-bond acceptors (Lipinski definition) is 3. The van der Waals surface area contributed by atoms with Crippen molar-refractivity contribution in [2.24, 2.45) is 0 Å². The maximum atomic E-state index is 12.0. The first-order chi connectivity index (χ1) is 8.41. The van der Waals surface area contributed by atoms with Crippen molar-refractivity contribution in [3.63, 3.8) is 0 Å². The van der Waals surface area contributed by atoms with E-state index in [-0.39, 0.29) is 12.1 Å². The highest BCUT2D eigenvalue weighted by Gasteiger charge is 2.18. The second-order valence-corrected chi connectivity index (χ2v) is 5.78. The van der Waals surface area contributed by atoms with E-state index in [0.29, 0.717) is 13.1 Å². The van der Waals surface area contributed by atoms with Gasteiger partial charge in [-0.1, -0.05) is 0 Å². The Labute approximate surface area is 113 Å². The molecule has 102 valence electrons. The molecule has 5 heteroatoms. The second-order valence-electron chi connectivity index (χ2n) is 4.78. The van der Waals surface area contributed by atoms with Gasteiger partial charge in [-0.3, -0.25) is 0 Å². The van der Waals surface area contributed by atoms with Crippen LogP contribution in [0.15, 0.2) is 11.4 Å². The minimum atomic E-state index is -0.512. The van der Waals surface area contributed by atoms with Gasteiger partial charge in [0.15, 0.2) is 0 Å². The highest BCUT2D eigenvalue weighted by molar-refractivity contribution is 7.10. The number of amides is 2. The Bertz CT molecular complexity index is 388. The van der Waals surface area contributed by atoms with Gasteiger partial charge < -0.3 is 15.3 Å². The number of aryl methyl sites for hydroxylation is 1. The number of nitrogens with one attached hydrogen (secondary N) is 1. The van der Waals surface area contributed by atoms with E-state index >= 15 is 0 Å². The van der Waals surface area contributed by atoms with Crippen LogP contribution in [-0.2, 0) is 6.54 Å². The number of hydrogen-bond donors (Lipinski definition) is 2. The van der Waals surface area contributed by atoms with Crippen LogP contribution in [0.3, 0.4) is 0 Å². The molecule has 2 amide bonds.